The van der Waals surface area contributed by atoms with E-state index in [1.54, 1.807) is 7.11 Å². The van der Waals surface area contributed by atoms with E-state index in [0.717, 1.165) is 18.9 Å². The standard InChI is InChI=1S/C8H10OSe2/c1-9-7-3-5-8(6-4-7)11-10-2/h3-6H,1-2H3. The molecule has 0 aromatic heterocycles. The van der Waals surface area contributed by atoms with Crippen LogP contribution in [-0.2, 0) is 0 Å². The molecule has 1 aromatic carbocycles. The molecule has 0 aliphatic rings. The molecule has 0 saturated heterocycles. The molecule has 60 valence electrons. The van der Waals surface area contributed by atoms with E-state index in [-0.39, 0.29) is 0 Å². The van der Waals surface area contributed by atoms with E-state index in [1.165, 1.54) is 4.46 Å². The summed E-state index contributed by atoms with van der Waals surface area (Å²) in [7, 11) is 1.70. The average Bonchev–Trinajstić information content (AvgIpc) is 2.07. The van der Waals surface area contributed by atoms with Crippen LogP contribution in [0.15, 0.2) is 24.3 Å². The van der Waals surface area contributed by atoms with Gasteiger partial charge in [0.25, 0.3) is 0 Å². The van der Waals surface area contributed by atoms with Gasteiger partial charge in [0.05, 0.1) is 0 Å². The number of benzene rings is 1. The number of ether oxygens (including phenoxy) is 1. The second-order valence-electron chi connectivity index (χ2n) is 1.93. The molecular weight excluding hydrogens is 270 g/mol. The van der Waals surface area contributed by atoms with Crippen molar-refractivity contribution in [1.29, 1.82) is 0 Å². The van der Waals surface area contributed by atoms with Crippen LogP contribution in [0.4, 0.5) is 0 Å². The molecule has 1 nitrogen and oxygen atoms in total. The molecule has 0 aliphatic heterocycles. The molecule has 1 rings (SSSR count). The van der Waals surface area contributed by atoms with E-state index >= 15 is 0 Å². The van der Waals surface area contributed by atoms with Crippen molar-refractivity contribution in [2.45, 2.75) is 5.82 Å². The Bertz CT molecular complexity index is 208. The fourth-order valence-electron chi connectivity index (χ4n) is 0.728. The van der Waals surface area contributed by atoms with Gasteiger partial charge in [-0.3, -0.25) is 0 Å². The summed E-state index contributed by atoms with van der Waals surface area (Å²) in [5.41, 5.74) is 0. The number of methoxy groups -OCH3 is 1. The van der Waals surface area contributed by atoms with Crippen LogP contribution in [0.3, 0.4) is 0 Å². The van der Waals surface area contributed by atoms with E-state index in [1.807, 2.05) is 12.1 Å². The Morgan fingerprint density at radius 1 is 1.18 bits per heavy atom. The normalized spacial score (nSPS) is 9.64. The molecule has 0 bridgehead atoms. The SMILES string of the molecule is COc1ccc([Se][Se]C)cc1. The van der Waals surface area contributed by atoms with E-state index in [0.29, 0.717) is 13.1 Å². The third-order valence-electron chi connectivity index (χ3n) is 1.24. The fraction of sp³-hybridized carbons (Fsp3) is 0.250. The zero-order chi connectivity index (χ0) is 8.10. The molecule has 0 saturated carbocycles. The summed E-state index contributed by atoms with van der Waals surface area (Å²) in [5.74, 6) is 3.23. The van der Waals surface area contributed by atoms with Gasteiger partial charge in [0, 0.05) is 0 Å². The summed E-state index contributed by atoms with van der Waals surface area (Å²) >= 11 is 1.50. The van der Waals surface area contributed by atoms with Gasteiger partial charge in [-0.05, 0) is 0 Å². The Morgan fingerprint density at radius 2 is 1.82 bits per heavy atom. The molecule has 0 atom stereocenters. The van der Waals surface area contributed by atoms with Crippen LogP contribution in [0.5, 0.6) is 5.75 Å². The van der Waals surface area contributed by atoms with Gasteiger partial charge in [-0.25, -0.2) is 0 Å². The molecule has 0 heterocycles. The third kappa shape index (κ3) is 2.88. The van der Waals surface area contributed by atoms with Gasteiger partial charge in [-0.2, -0.15) is 0 Å². The van der Waals surface area contributed by atoms with E-state index in [4.69, 9.17) is 4.74 Å². The molecule has 0 radical (unpaired) electrons. The summed E-state index contributed by atoms with van der Waals surface area (Å²) < 4.78 is 6.53. The zero-order valence-electron chi connectivity index (χ0n) is 6.53. The van der Waals surface area contributed by atoms with Crippen molar-refractivity contribution in [1.82, 2.24) is 0 Å². The molecule has 0 unspecified atom stereocenters. The van der Waals surface area contributed by atoms with Gasteiger partial charge in [0.15, 0.2) is 0 Å². The summed E-state index contributed by atoms with van der Waals surface area (Å²) in [5, 5.41) is 0. The summed E-state index contributed by atoms with van der Waals surface area (Å²) in [6.45, 7) is 0. The van der Waals surface area contributed by atoms with Crippen molar-refractivity contribution >= 4 is 30.7 Å². The van der Waals surface area contributed by atoms with Crippen LogP contribution in [0.1, 0.15) is 0 Å². The molecule has 0 N–H and O–H groups in total. The first kappa shape index (κ1) is 9.15. The van der Waals surface area contributed by atoms with E-state index in [2.05, 4.69) is 18.0 Å². The third-order valence-corrected chi connectivity index (χ3v) is 6.48. The summed E-state index contributed by atoms with van der Waals surface area (Å²) in [4.78, 5) is 0. The van der Waals surface area contributed by atoms with Gasteiger partial charge in [-0.15, -0.1) is 0 Å². The fourth-order valence-corrected chi connectivity index (χ4v) is 4.96. The molecular formula is C8H10OSe2. The van der Waals surface area contributed by atoms with Crippen LogP contribution >= 0.6 is 0 Å². The molecule has 0 amide bonds. The van der Waals surface area contributed by atoms with Crippen LogP contribution < -0.4 is 9.20 Å². The molecule has 11 heavy (non-hydrogen) atoms. The Kier molecular flexibility index (Phi) is 4.03. The molecule has 0 fully saturated rings. The first-order valence-corrected chi connectivity index (χ1v) is 10.1. The Hall–Kier alpha value is 0.0590. The monoisotopic (exact) mass is 282 g/mol. The summed E-state index contributed by atoms with van der Waals surface area (Å²) in [6, 6.07) is 8.37. The summed E-state index contributed by atoms with van der Waals surface area (Å²) in [6.07, 6.45) is 0. The van der Waals surface area contributed by atoms with Gasteiger partial charge >= 0.3 is 78.4 Å². The molecule has 0 spiro atoms. The van der Waals surface area contributed by atoms with Gasteiger partial charge in [0.2, 0.25) is 0 Å². The Labute approximate surface area is 78.4 Å². The van der Waals surface area contributed by atoms with Crippen molar-refractivity contribution in [2.24, 2.45) is 0 Å². The van der Waals surface area contributed by atoms with Crippen LogP contribution in [0.2, 0.25) is 5.82 Å². The quantitative estimate of drug-likeness (QED) is 0.740. The maximum absolute atomic E-state index is 5.06. The number of hydrogen-bond donors (Lipinski definition) is 0. The van der Waals surface area contributed by atoms with Gasteiger partial charge in [0.1, 0.15) is 0 Å². The predicted octanol–water partition coefficient (Wildman–Crippen LogP) is 0.692. The van der Waals surface area contributed by atoms with Gasteiger partial charge < -0.3 is 0 Å². The van der Waals surface area contributed by atoms with Crippen LogP contribution in [0, 0.1) is 0 Å². The van der Waals surface area contributed by atoms with E-state index in [9.17, 15) is 0 Å². The Balaban J connectivity index is 2.66. The minimum atomic E-state index is 0.708. The number of rotatable bonds is 3. The minimum absolute atomic E-state index is 0.708. The van der Waals surface area contributed by atoms with Crippen molar-refractivity contribution in [2.75, 3.05) is 7.11 Å². The first-order valence-electron chi connectivity index (χ1n) is 3.21. The van der Waals surface area contributed by atoms with E-state index < -0.39 is 0 Å². The van der Waals surface area contributed by atoms with Crippen LogP contribution in [0.25, 0.3) is 0 Å². The molecule has 1 aromatic rings. The van der Waals surface area contributed by atoms with Crippen molar-refractivity contribution < 1.29 is 4.74 Å². The van der Waals surface area contributed by atoms with Gasteiger partial charge in [-0.1, -0.05) is 0 Å². The second-order valence-corrected chi connectivity index (χ2v) is 9.41. The second kappa shape index (κ2) is 4.84. The average molecular weight is 280 g/mol. The number of hydrogen-bond acceptors (Lipinski definition) is 1. The van der Waals surface area contributed by atoms with Crippen LogP contribution in [-0.4, -0.2) is 33.4 Å². The zero-order valence-corrected chi connectivity index (χ0v) is 9.96. The molecule has 3 heteroatoms. The first-order chi connectivity index (χ1) is 5.36. The molecule has 0 aliphatic carbocycles. The van der Waals surface area contributed by atoms with Crippen molar-refractivity contribution in [3.8, 4) is 5.75 Å². The Morgan fingerprint density at radius 3 is 2.27 bits per heavy atom. The predicted molar refractivity (Wildman–Crippen MR) is 50.0 cm³/mol. The van der Waals surface area contributed by atoms with Crippen molar-refractivity contribution in [3.05, 3.63) is 24.3 Å². The topological polar surface area (TPSA) is 9.23 Å². The maximum atomic E-state index is 5.06. The van der Waals surface area contributed by atoms with Crippen molar-refractivity contribution in [3.63, 3.8) is 0 Å².